The number of aromatic nitrogens is 1. The Morgan fingerprint density at radius 3 is 2.80 bits per heavy atom. The first-order chi connectivity index (χ1) is 7.15. The van der Waals surface area contributed by atoms with E-state index in [1.165, 1.54) is 19.3 Å². The first-order valence-electron chi connectivity index (χ1n) is 5.35. The SMILES string of the molecule is CC(Nc1cc(N)cc(Cl)n1)C1CCC1. The highest BCUT2D eigenvalue weighted by Gasteiger charge is 2.23. The Balaban J connectivity index is 2.02. The maximum absolute atomic E-state index is 5.83. The molecule has 3 N–H and O–H groups in total. The van der Waals surface area contributed by atoms with E-state index < -0.39 is 0 Å². The highest BCUT2D eigenvalue weighted by Crippen LogP contribution is 2.31. The predicted octanol–water partition coefficient (Wildman–Crippen LogP) is 2.92. The Morgan fingerprint density at radius 2 is 2.27 bits per heavy atom. The lowest BCUT2D eigenvalue weighted by Gasteiger charge is -2.32. The monoisotopic (exact) mass is 225 g/mol. The van der Waals surface area contributed by atoms with Crippen LogP contribution in [0.25, 0.3) is 0 Å². The van der Waals surface area contributed by atoms with Crippen molar-refractivity contribution < 1.29 is 0 Å². The Morgan fingerprint density at radius 1 is 1.53 bits per heavy atom. The molecule has 1 atom stereocenters. The van der Waals surface area contributed by atoms with Crippen molar-refractivity contribution in [1.82, 2.24) is 4.98 Å². The molecule has 15 heavy (non-hydrogen) atoms. The van der Waals surface area contributed by atoms with Crippen molar-refractivity contribution in [2.24, 2.45) is 5.92 Å². The normalized spacial score (nSPS) is 18.3. The zero-order valence-electron chi connectivity index (χ0n) is 8.83. The third-order valence-corrected chi connectivity index (χ3v) is 3.24. The van der Waals surface area contributed by atoms with Gasteiger partial charge in [-0.2, -0.15) is 0 Å². The second-order valence-electron chi connectivity index (χ2n) is 4.23. The van der Waals surface area contributed by atoms with Crippen molar-refractivity contribution in [3.8, 4) is 0 Å². The first-order valence-corrected chi connectivity index (χ1v) is 5.72. The van der Waals surface area contributed by atoms with Crippen LogP contribution in [-0.2, 0) is 0 Å². The molecule has 0 aromatic carbocycles. The van der Waals surface area contributed by atoms with E-state index in [-0.39, 0.29) is 0 Å². The van der Waals surface area contributed by atoms with Gasteiger partial charge in [-0.1, -0.05) is 18.0 Å². The number of anilines is 2. The molecular weight excluding hydrogens is 210 g/mol. The molecule has 0 saturated heterocycles. The number of pyridine rings is 1. The number of hydrogen-bond donors (Lipinski definition) is 2. The number of nitrogen functional groups attached to an aromatic ring is 1. The van der Waals surface area contributed by atoms with Gasteiger partial charge in [-0.05, 0) is 31.7 Å². The minimum absolute atomic E-state index is 0.443. The van der Waals surface area contributed by atoms with Crippen LogP contribution in [0.5, 0.6) is 0 Å². The molecule has 1 fully saturated rings. The molecule has 1 unspecified atom stereocenters. The fraction of sp³-hybridized carbons (Fsp3) is 0.545. The lowest BCUT2D eigenvalue weighted by molar-refractivity contribution is 0.285. The van der Waals surface area contributed by atoms with Gasteiger partial charge in [0.05, 0.1) is 0 Å². The number of hydrogen-bond acceptors (Lipinski definition) is 3. The minimum Gasteiger partial charge on any atom is -0.399 e. The van der Waals surface area contributed by atoms with Crippen molar-refractivity contribution in [2.45, 2.75) is 32.2 Å². The Bertz CT molecular complexity index is 329. The average molecular weight is 226 g/mol. The second kappa shape index (κ2) is 4.27. The summed E-state index contributed by atoms with van der Waals surface area (Å²) in [6.45, 7) is 2.18. The topological polar surface area (TPSA) is 50.9 Å². The van der Waals surface area contributed by atoms with Gasteiger partial charge in [0, 0.05) is 17.8 Å². The molecule has 3 nitrogen and oxygen atoms in total. The van der Waals surface area contributed by atoms with Gasteiger partial charge in [-0.25, -0.2) is 4.98 Å². The van der Waals surface area contributed by atoms with E-state index >= 15 is 0 Å². The predicted molar refractivity (Wildman–Crippen MR) is 64.1 cm³/mol. The van der Waals surface area contributed by atoms with E-state index in [0.717, 1.165) is 11.7 Å². The molecule has 0 aliphatic heterocycles. The van der Waals surface area contributed by atoms with E-state index in [2.05, 4.69) is 17.2 Å². The molecule has 0 radical (unpaired) electrons. The maximum atomic E-state index is 5.83. The number of nitrogens with one attached hydrogen (secondary N) is 1. The summed E-state index contributed by atoms with van der Waals surface area (Å²) >= 11 is 5.83. The first kappa shape index (κ1) is 10.6. The lowest BCUT2D eigenvalue weighted by atomic mass is 9.80. The molecule has 1 aliphatic rings. The van der Waals surface area contributed by atoms with E-state index in [1.54, 1.807) is 6.07 Å². The Kier molecular flexibility index (Phi) is 3.00. The number of rotatable bonds is 3. The quantitative estimate of drug-likeness (QED) is 0.778. The second-order valence-corrected chi connectivity index (χ2v) is 4.62. The zero-order valence-corrected chi connectivity index (χ0v) is 9.59. The molecular formula is C11H16ClN3. The molecule has 82 valence electrons. The van der Waals surface area contributed by atoms with Crippen LogP contribution < -0.4 is 11.1 Å². The van der Waals surface area contributed by atoms with Crippen LogP contribution in [0.1, 0.15) is 26.2 Å². The van der Waals surface area contributed by atoms with Gasteiger partial charge >= 0.3 is 0 Å². The van der Waals surface area contributed by atoms with E-state index in [0.29, 0.717) is 16.9 Å². The van der Waals surface area contributed by atoms with Gasteiger partial charge in [0.25, 0.3) is 0 Å². The molecule has 1 aliphatic carbocycles. The molecule has 0 spiro atoms. The summed E-state index contributed by atoms with van der Waals surface area (Å²) in [6, 6.07) is 3.92. The van der Waals surface area contributed by atoms with Crippen LogP contribution in [0.15, 0.2) is 12.1 Å². The Hall–Kier alpha value is -0.960. The third-order valence-electron chi connectivity index (χ3n) is 3.05. The van der Waals surface area contributed by atoms with Crippen LogP contribution in [-0.4, -0.2) is 11.0 Å². The van der Waals surface area contributed by atoms with Crippen molar-refractivity contribution in [2.75, 3.05) is 11.1 Å². The van der Waals surface area contributed by atoms with Gasteiger partial charge in [0.2, 0.25) is 0 Å². The Labute approximate surface area is 95.0 Å². The average Bonchev–Trinajstić information content (AvgIpc) is 1.96. The third kappa shape index (κ3) is 2.53. The summed E-state index contributed by atoms with van der Waals surface area (Å²) in [7, 11) is 0. The lowest BCUT2D eigenvalue weighted by Crippen LogP contribution is -2.31. The van der Waals surface area contributed by atoms with Gasteiger partial charge < -0.3 is 11.1 Å². The molecule has 1 saturated carbocycles. The van der Waals surface area contributed by atoms with Gasteiger partial charge in [-0.15, -0.1) is 0 Å². The summed E-state index contributed by atoms with van der Waals surface area (Å²) in [5, 5.41) is 3.79. The number of nitrogens with two attached hydrogens (primary N) is 1. The van der Waals surface area contributed by atoms with Crippen LogP contribution >= 0.6 is 11.6 Å². The van der Waals surface area contributed by atoms with Crippen LogP contribution in [0.4, 0.5) is 11.5 Å². The molecule has 0 amide bonds. The molecule has 2 rings (SSSR count). The van der Waals surface area contributed by atoms with Crippen molar-refractivity contribution >= 4 is 23.1 Å². The highest BCUT2D eigenvalue weighted by atomic mass is 35.5. The van der Waals surface area contributed by atoms with Gasteiger partial charge in [-0.3, -0.25) is 0 Å². The minimum atomic E-state index is 0.443. The van der Waals surface area contributed by atoms with Crippen LogP contribution in [0.3, 0.4) is 0 Å². The van der Waals surface area contributed by atoms with Crippen molar-refractivity contribution in [1.29, 1.82) is 0 Å². The summed E-state index contributed by atoms with van der Waals surface area (Å²) in [5.41, 5.74) is 6.34. The zero-order chi connectivity index (χ0) is 10.8. The fourth-order valence-electron chi connectivity index (χ4n) is 1.88. The van der Waals surface area contributed by atoms with Gasteiger partial charge in [0.1, 0.15) is 11.0 Å². The molecule has 1 aromatic heterocycles. The van der Waals surface area contributed by atoms with E-state index in [9.17, 15) is 0 Å². The molecule has 1 heterocycles. The van der Waals surface area contributed by atoms with Crippen LogP contribution in [0.2, 0.25) is 5.15 Å². The van der Waals surface area contributed by atoms with Crippen molar-refractivity contribution in [3.05, 3.63) is 17.3 Å². The number of nitrogens with zero attached hydrogens (tertiary/aromatic N) is 1. The van der Waals surface area contributed by atoms with E-state index in [4.69, 9.17) is 17.3 Å². The highest BCUT2D eigenvalue weighted by molar-refractivity contribution is 6.29. The molecule has 1 aromatic rings. The summed E-state index contributed by atoms with van der Waals surface area (Å²) < 4.78 is 0. The number of halogens is 1. The summed E-state index contributed by atoms with van der Waals surface area (Å²) in [6.07, 6.45) is 3.97. The van der Waals surface area contributed by atoms with E-state index in [1.807, 2.05) is 6.07 Å². The maximum Gasteiger partial charge on any atom is 0.133 e. The largest absolute Gasteiger partial charge is 0.399 e. The molecule has 4 heteroatoms. The fourth-order valence-corrected chi connectivity index (χ4v) is 2.10. The van der Waals surface area contributed by atoms with Crippen molar-refractivity contribution in [3.63, 3.8) is 0 Å². The summed E-state index contributed by atoms with van der Waals surface area (Å²) in [5.74, 6) is 1.55. The standard InChI is InChI=1S/C11H16ClN3/c1-7(8-3-2-4-8)14-11-6-9(13)5-10(12)15-11/h5-8H,2-4H2,1H3,(H3,13,14,15). The van der Waals surface area contributed by atoms with Crippen LogP contribution in [0, 0.1) is 5.92 Å². The summed E-state index contributed by atoms with van der Waals surface area (Å²) in [4.78, 5) is 4.19. The molecule has 0 bridgehead atoms. The van der Waals surface area contributed by atoms with Gasteiger partial charge in [0.15, 0.2) is 0 Å². The smallest absolute Gasteiger partial charge is 0.133 e.